The molecule has 1 atom stereocenters. The number of hydrogen-bond donors (Lipinski definition) is 0. The van der Waals surface area contributed by atoms with Crippen molar-refractivity contribution in [2.75, 3.05) is 20.8 Å². The van der Waals surface area contributed by atoms with Gasteiger partial charge in [-0.05, 0) is 0 Å². The molecular weight excluding hydrogens is 252 g/mol. The number of nitrogens with zero attached hydrogens (tertiary/aromatic N) is 2. The van der Waals surface area contributed by atoms with Crippen LogP contribution >= 0.6 is 0 Å². The van der Waals surface area contributed by atoms with Gasteiger partial charge in [-0.25, -0.2) is 4.79 Å². The van der Waals surface area contributed by atoms with E-state index >= 15 is 0 Å². The number of cyclic esters (lactones) is 1. The molecule has 0 N–H and O–H groups in total. The molecule has 7 nitrogen and oxygen atoms in total. The van der Waals surface area contributed by atoms with Crippen LogP contribution < -0.4 is 14.2 Å². The third-order valence-corrected chi connectivity index (χ3v) is 2.81. The first-order valence-electron chi connectivity index (χ1n) is 5.76. The van der Waals surface area contributed by atoms with E-state index in [1.165, 1.54) is 20.3 Å². The summed E-state index contributed by atoms with van der Waals surface area (Å²) in [5, 5.41) is 0. The molecule has 2 heterocycles. The van der Waals surface area contributed by atoms with E-state index in [0.29, 0.717) is 18.4 Å². The number of methoxy groups -OCH3 is 2. The van der Waals surface area contributed by atoms with E-state index in [9.17, 15) is 4.79 Å². The van der Waals surface area contributed by atoms with Gasteiger partial charge in [0.2, 0.25) is 17.9 Å². The molecule has 1 aromatic rings. The number of carbonyl (C=O) groups is 1. The van der Waals surface area contributed by atoms with Gasteiger partial charge in [0.15, 0.2) is 0 Å². The van der Waals surface area contributed by atoms with E-state index in [2.05, 4.69) is 9.97 Å². The van der Waals surface area contributed by atoms with E-state index in [1.807, 2.05) is 13.8 Å². The lowest BCUT2D eigenvalue weighted by molar-refractivity contribution is -0.144. The number of rotatable bonds is 4. The fourth-order valence-electron chi connectivity index (χ4n) is 1.69. The zero-order chi connectivity index (χ0) is 14.0. The van der Waals surface area contributed by atoms with Crippen LogP contribution in [0.3, 0.4) is 0 Å². The molecule has 0 saturated carbocycles. The minimum Gasteiger partial charge on any atom is -0.481 e. The summed E-state index contributed by atoms with van der Waals surface area (Å²) in [4.78, 5) is 19.7. The van der Waals surface area contributed by atoms with Crippen LogP contribution in [0.4, 0.5) is 0 Å². The van der Waals surface area contributed by atoms with Crippen molar-refractivity contribution in [2.24, 2.45) is 5.41 Å². The Labute approximate surface area is 110 Å². The lowest BCUT2D eigenvalue weighted by Gasteiger charge is -2.21. The molecule has 0 aromatic carbocycles. The average Bonchev–Trinajstić information content (AvgIpc) is 2.65. The molecule has 7 heteroatoms. The molecule has 1 aliphatic heterocycles. The van der Waals surface area contributed by atoms with Gasteiger partial charge in [0.05, 0.1) is 20.3 Å². The third-order valence-electron chi connectivity index (χ3n) is 2.81. The van der Waals surface area contributed by atoms with E-state index < -0.39 is 17.5 Å². The molecule has 1 saturated heterocycles. The Bertz CT molecular complexity index is 467. The van der Waals surface area contributed by atoms with Crippen molar-refractivity contribution in [2.45, 2.75) is 20.0 Å². The second-order valence-electron chi connectivity index (χ2n) is 4.83. The van der Waals surface area contributed by atoms with Crippen LogP contribution in [-0.2, 0) is 9.53 Å². The molecule has 0 bridgehead atoms. The van der Waals surface area contributed by atoms with Crippen LogP contribution in [0.15, 0.2) is 6.07 Å². The summed E-state index contributed by atoms with van der Waals surface area (Å²) in [6, 6.07) is 1.54. The molecule has 0 aliphatic carbocycles. The zero-order valence-corrected chi connectivity index (χ0v) is 11.3. The van der Waals surface area contributed by atoms with Crippen molar-refractivity contribution >= 4 is 5.97 Å². The van der Waals surface area contributed by atoms with Crippen molar-refractivity contribution in [3.63, 3.8) is 0 Å². The van der Waals surface area contributed by atoms with E-state index in [1.54, 1.807) is 0 Å². The smallest absolute Gasteiger partial charge is 0.348 e. The maximum Gasteiger partial charge on any atom is 0.348 e. The van der Waals surface area contributed by atoms with Gasteiger partial charge in [-0.3, -0.25) is 0 Å². The molecule has 19 heavy (non-hydrogen) atoms. The van der Waals surface area contributed by atoms with E-state index in [0.717, 1.165) is 0 Å². The summed E-state index contributed by atoms with van der Waals surface area (Å²) in [5.74, 6) is 0.174. The summed E-state index contributed by atoms with van der Waals surface area (Å²) in [5.41, 5.74) is -0.434. The Hall–Kier alpha value is -2.05. The first kappa shape index (κ1) is 13.4. The normalized spacial score (nSPS) is 20.8. The van der Waals surface area contributed by atoms with Gasteiger partial charge >= 0.3 is 12.0 Å². The Morgan fingerprint density at radius 2 is 1.84 bits per heavy atom. The van der Waals surface area contributed by atoms with Crippen molar-refractivity contribution in [3.8, 4) is 17.8 Å². The summed E-state index contributed by atoms with van der Waals surface area (Å²) in [7, 11) is 2.94. The second-order valence-corrected chi connectivity index (χ2v) is 4.83. The molecule has 0 amide bonds. The van der Waals surface area contributed by atoms with Crippen LogP contribution in [0.5, 0.6) is 17.8 Å². The van der Waals surface area contributed by atoms with Gasteiger partial charge < -0.3 is 18.9 Å². The summed E-state index contributed by atoms with van der Waals surface area (Å²) in [6.07, 6.45) is -0.746. The average molecular weight is 268 g/mol. The van der Waals surface area contributed by atoms with Gasteiger partial charge in [0, 0.05) is 5.41 Å². The van der Waals surface area contributed by atoms with Gasteiger partial charge in [0.25, 0.3) is 0 Å². The topological polar surface area (TPSA) is 79.8 Å². The predicted octanol–water partition coefficient (Wildman–Crippen LogP) is 0.824. The maximum atomic E-state index is 11.6. The van der Waals surface area contributed by atoms with Crippen molar-refractivity contribution in [3.05, 3.63) is 6.07 Å². The molecule has 1 aromatic heterocycles. The Morgan fingerprint density at radius 1 is 1.26 bits per heavy atom. The summed E-state index contributed by atoms with van der Waals surface area (Å²) in [6.45, 7) is 4.05. The van der Waals surface area contributed by atoms with Crippen LogP contribution in [0.2, 0.25) is 0 Å². The summed E-state index contributed by atoms with van der Waals surface area (Å²) < 4.78 is 20.5. The Morgan fingerprint density at radius 3 is 2.26 bits per heavy atom. The minimum atomic E-state index is -0.746. The highest BCUT2D eigenvalue weighted by Gasteiger charge is 2.46. The minimum absolute atomic E-state index is 0.0214. The first-order valence-corrected chi connectivity index (χ1v) is 5.76. The monoisotopic (exact) mass is 268 g/mol. The van der Waals surface area contributed by atoms with E-state index in [4.69, 9.17) is 18.9 Å². The Balaban J connectivity index is 2.25. The Kier molecular flexibility index (Phi) is 3.46. The number of hydrogen-bond acceptors (Lipinski definition) is 7. The van der Waals surface area contributed by atoms with Crippen LogP contribution in [-0.4, -0.2) is 42.9 Å². The first-order chi connectivity index (χ1) is 8.96. The molecule has 1 fully saturated rings. The zero-order valence-electron chi connectivity index (χ0n) is 11.3. The molecule has 2 rings (SSSR count). The van der Waals surface area contributed by atoms with Gasteiger partial charge in [-0.2, -0.15) is 9.97 Å². The predicted molar refractivity (Wildman–Crippen MR) is 64.3 cm³/mol. The number of esters is 1. The van der Waals surface area contributed by atoms with Crippen molar-refractivity contribution in [1.82, 2.24) is 9.97 Å². The highest BCUT2D eigenvalue weighted by Crippen LogP contribution is 2.32. The largest absolute Gasteiger partial charge is 0.481 e. The second kappa shape index (κ2) is 4.91. The molecule has 0 spiro atoms. The van der Waals surface area contributed by atoms with Crippen molar-refractivity contribution < 1.29 is 23.7 Å². The van der Waals surface area contributed by atoms with Gasteiger partial charge in [-0.15, -0.1) is 0 Å². The van der Waals surface area contributed by atoms with E-state index in [-0.39, 0.29) is 6.01 Å². The quantitative estimate of drug-likeness (QED) is 0.748. The fraction of sp³-hybridized carbons (Fsp3) is 0.583. The van der Waals surface area contributed by atoms with Crippen LogP contribution in [0, 0.1) is 5.41 Å². The fourth-order valence-corrected chi connectivity index (χ4v) is 1.69. The lowest BCUT2D eigenvalue weighted by Crippen LogP contribution is -2.36. The molecular formula is C12H16N2O5. The standard InChI is InChI=1S/C12H16N2O5/c1-12(2)6-18-10(15)9(12)19-11-13-7(16-3)5-8(14-11)17-4/h5,9H,6H2,1-4H3. The lowest BCUT2D eigenvalue weighted by atomic mass is 9.90. The molecule has 0 radical (unpaired) electrons. The number of aromatic nitrogens is 2. The molecule has 1 unspecified atom stereocenters. The highest BCUT2D eigenvalue weighted by atomic mass is 16.6. The van der Waals surface area contributed by atoms with Gasteiger partial charge in [0.1, 0.15) is 6.61 Å². The highest BCUT2D eigenvalue weighted by molar-refractivity contribution is 5.78. The summed E-state index contributed by atoms with van der Waals surface area (Å²) >= 11 is 0. The number of carbonyl (C=O) groups excluding carboxylic acids is 1. The number of ether oxygens (including phenoxy) is 4. The molecule has 1 aliphatic rings. The SMILES string of the molecule is COc1cc(OC)nc(OC2C(=O)OCC2(C)C)n1. The third kappa shape index (κ3) is 2.69. The van der Waals surface area contributed by atoms with Crippen LogP contribution in [0.1, 0.15) is 13.8 Å². The van der Waals surface area contributed by atoms with Crippen LogP contribution in [0.25, 0.3) is 0 Å². The maximum absolute atomic E-state index is 11.6. The molecule has 104 valence electrons. The van der Waals surface area contributed by atoms with Gasteiger partial charge in [-0.1, -0.05) is 13.8 Å². The van der Waals surface area contributed by atoms with Crippen molar-refractivity contribution in [1.29, 1.82) is 0 Å².